The minimum absolute atomic E-state index is 0.0545. The van der Waals surface area contributed by atoms with Gasteiger partial charge in [0, 0.05) is 5.69 Å². The monoisotopic (exact) mass is 216 g/mol. The van der Waals surface area contributed by atoms with Crippen LogP contribution in [0.3, 0.4) is 0 Å². The Bertz CT molecular complexity index is 404. The molecule has 1 aliphatic heterocycles. The van der Waals surface area contributed by atoms with Gasteiger partial charge in [0.05, 0.1) is 5.41 Å². The highest BCUT2D eigenvalue weighted by molar-refractivity contribution is 5.97. The maximum atomic E-state index is 12.2. The lowest BCUT2D eigenvalue weighted by Crippen LogP contribution is -2.36. The average Bonchev–Trinajstić information content (AvgIpc) is 3.06. The van der Waals surface area contributed by atoms with E-state index in [9.17, 15) is 4.79 Å². The van der Waals surface area contributed by atoms with Crippen LogP contribution in [-0.4, -0.2) is 19.0 Å². The topological polar surface area (TPSA) is 41.1 Å². The summed E-state index contributed by atoms with van der Waals surface area (Å²) in [5.74, 6) is 0.773. The molecule has 0 bridgehead atoms. The summed E-state index contributed by atoms with van der Waals surface area (Å²) in [6.07, 6.45) is 2.04. The summed E-state index contributed by atoms with van der Waals surface area (Å²) in [6, 6.07) is 9.72. The number of piperidine rings is 1. The third-order valence-electron chi connectivity index (χ3n) is 3.85. The van der Waals surface area contributed by atoms with E-state index in [4.69, 9.17) is 0 Å². The summed E-state index contributed by atoms with van der Waals surface area (Å²) in [6.45, 7) is 1.97. The maximum Gasteiger partial charge on any atom is 0.230 e. The zero-order chi connectivity index (χ0) is 11.0. The molecule has 1 aromatic rings. The van der Waals surface area contributed by atoms with E-state index in [1.165, 1.54) is 0 Å². The van der Waals surface area contributed by atoms with E-state index in [1.807, 2.05) is 30.3 Å². The van der Waals surface area contributed by atoms with Crippen LogP contribution in [0.25, 0.3) is 0 Å². The van der Waals surface area contributed by atoms with E-state index in [1.54, 1.807) is 0 Å². The number of anilines is 1. The highest BCUT2D eigenvalue weighted by atomic mass is 16.2. The molecule has 1 aliphatic carbocycles. The Kier molecular flexibility index (Phi) is 2.21. The Labute approximate surface area is 95.2 Å². The van der Waals surface area contributed by atoms with Crippen LogP contribution in [0.4, 0.5) is 5.69 Å². The van der Waals surface area contributed by atoms with E-state index < -0.39 is 0 Å². The smallest absolute Gasteiger partial charge is 0.230 e. The first-order valence-corrected chi connectivity index (χ1v) is 5.88. The standard InChI is InChI=1S/C13H16N2O/c16-12(15-11-4-2-1-3-5-11)13-6-7-14-9-10(13)8-13/h1-5,10,14H,6-9H2,(H,15,16). The molecule has 16 heavy (non-hydrogen) atoms. The zero-order valence-corrected chi connectivity index (χ0v) is 9.20. The maximum absolute atomic E-state index is 12.2. The van der Waals surface area contributed by atoms with Gasteiger partial charge in [-0.05, 0) is 44.0 Å². The molecule has 1 aromatic carbocycles. The minimum Gasteiger partial charge on any atom is -0.326 e. The van der Waals surface area contributed by atoms with Gasteiger partial charge >= 0.3 is 0 Å². The quantitative estimate of drug-likeness (QED) is 0.788. The largest absolute Gasteiger partial charge is 0.326 e. The summed E-state index contributed by atoms with van der Waals surface area (Å²) >= 11 is 0. The second-order valence-electron chi connectivity index (χ2n) is 4.83. The molecule has 2 unspecified atom stereocenters. The molecule has 0 spiro atoms. The van der Waals surface area contributed by atoms with Crippen LogP contribution in [0.2, 0.25) is 0 Å². The normalized spacial score (nSPS) is 31.6. The Morgan fingerprint density at radius 2 is 2.19 bits per heavy atom. The highest BCUT2D eigenvalue weighted by Crippen LogP contribution is 2.56. The second kappa shape index (κ2) is 3.59. The van der Waals surface area contributed by atoms with Crippen LogP contribution in [0.15, 0.2) is 30.3 Å². The van der Waals surface area contributed by atoms with Gasteiger partial charge in [-0.15, -0.1) is 0 Å². The number of benzene rings is 1. The molecule has 1 saturated carbocycles. The highest BCUT2D eigenvalue weighted by Gasteiger charge is 2.60. The molecule has 1 saturated heterocycles. The van der Waals surface area contributed by atoms with Crippen molar-refractivity contribution >= 4 is 11.6 Å². The van der Waals surface area contributed by atoms with Crippen molar-refractivity contribution in [1.82, 2.24) is 5.32 Å². The third-order valence-corrected chi connectivity index (χ3v) is 3.85. The van der Waals surface area contributed by atoms with E-state index in [-0.39, 0.29) is 11.3 Å². The number of fused-ring (bicyclic) bond motifs is 1. The molecule has 0 radical (unpaired) electrons. The molecular formula is C13H16N2O. The summed E-state index contributed by atoms with van der Waals surface area (Å²) < 4.78 is 0. The van der Waals surface area contributed by atoms with Gasteiger partial charge in [0.2, 0.25) is 5.91 Å². The molecule has 2 fully saturated rings. The van der Waals surface area contributed by atoms with Crippen molar-refractivity contribution in [1.29, 1.82) is 0 Å². The number of rotatable bonds is 2. The van der Waals surface area contributed by atoms with Gasteiger partial charge in [-0.25, -0.2) is 0 Å². The number of para-hydroxylation sites is 1. The van der Waals surface area contributed by atoms with Crippen molar-refractivity contribution in [2.75, 3.05) is 18.4 Å². The minimum atomic E-state index is -0.0545. The van der Waals surface area contributed by atoms with Crippen molar-refractivity contribution in [2.45, 2.75) is 12.8 Å². The fourth-order valence-corrected chi connectivity index (χ4v) is 2.71. The SMILES string of the molecule is O=C(Nc1ccccc1)C12CCNCC1C2. The fourth-order valence-electron chi connectivity index (χ4n) is 2.71. The summed E-state index contributed by atoms with van der Waals surface area (Å²) in [7, 11) is 0. The van der Waals surface area contributed by atoms with Gasteiger partial charge in [-0.1, -0.05) is 18.2 Å². The lowest BCUT2D eigenvalue weighted by Gasteiger charge is -2.21. The number of nitrogens with one attached hydrogen (secondary N) is 2. The number of carbonyl (C=O) groups is 1. The number of hydrogen-bond donors (Lipinski definition) is 2. The number of carbonyl (C=O) groups excluding carboxylic acids is 1. The molecule has 84 valence electrons. The van der Waals surface area contributed by atoms with Crippen LogP contribution in [0.5, 0.6) is 0 Å². The Morgan fingerprint density at radius 1 is 1.38 bits per heavy atom. The molecule has 0 aromatic heterocycles. The first kappa shape index (κ1) is 9.85. The van der Waals surface area contributed by atoms with Gasteiger partial charge < -0.3 is 10.6 Å². The lowest BCUT2D eigenvalue weighted by molar-refractivity contribution is -0.122. The summed E-state index contributed by atoms with van der Waals surface area (Å²) in [5.41, 5.74) is 0.854. The number of amides is 1. The first-order chi connectivity index (χ1) is 7.81. The molecule has 2 atom stereocenters. The predicted molar refractivity (Wildman–Crippen MR) is 63.1 cm³/mol. The Balaban J connectivity index is 1.70. The lowest BCUT2D eigenvalue weighted by atomic mass is 9.95. The van der Waals surface area contributed by atoms with Crippen molar-refractivity contribution < 1.29 is 4.79 Å². The van der Waals surface area contributed by atoms with Crippen molar-refractivity contribution in [3.63, 3.8) is 0 Å². The molecule has 1 amide bonds. The zero-order valence-electron chi connectivity index (χ0n) is 9.20. The van der Waals surface area contributed by atoms with Gasteiger partial charge in [0.15, 0.2) is 0 Å². The second-order valence-corrected chi connectivity index (χ2v) is 4.83. The van der Waals surface area contributed by atoms with Crippen molar-refractivity contribution in [3.8, 4) is 0 Å². The Morgan fingerprint density at radius 3 is 2.94 bits per heavy atom. The van der Waals surface area contributed by atoms with Gasteiger partial charge in [-0.3, -0.25) is 4.79 Å². The molecule has 3 heteroatoms. The van der Waals surface area contributed by atoms with Crippen LogP contribution >= 0.6 is 0 Å². The summed E-state index contributed by atoms with van der Waals surface area (Å²) in [4.78, 5) is 12.2. The Hall–Kier alpha value is -1.35. The molecule has 2 N–H and O–H groups in total. The van der Waals surface area contributed by atoms with Gasteiger partial charge in [0.1, 0.15) is 0 Å². The van der Waals surface area contributed by atoms with Crippen molar-refractivity contribution in [2.24, 2.45) is 11.3 Å². The first-order valence-electron chi connectivity index (χ1n) is 5.88. The van der Waals surface area contributed by atoms with Crippen molar-refractivity contribution in [3.05, 3.63) is 30.3 Å². The van der Waals surface area contributed by atoms with E-state index in [0.29, 0.717) is 5.92 Å². The van der Waals surface area contributed by atoms with Crippen LogP contribution < -0.4 is 10.6 Å². The van der Waals surface area contributed by atoms with E-state index in [2.05, 4.69) is 10.6 Å². The van der Waals surface area contributed by atoms with Crippen LogP contribution in [0.1, 0.15) is 12.8 Å². The molecule has 2 aliphatic rings. The van der Waals surface area contributed by atoms with Gasteiger partial charge in [0.25, 0.3) is 0 Å². The van der Waals surface area contributed by atoms with E-state index >= 15 is 0 Å². The fraction of sp³-hybridized carbons (Fsp3) is 0.462. The molecular weight excluding hydrogens is 200 g/mol. The van der Waals surface area contributed by atoms with Crippen LogP contribution in [0, 0.1) is 11.3 Å². The van der Waals surface area contributed by atoms with E-state index in [0.717, 1.165) is 31.6 Å². The number of hydrogen-bond acceptors (Lipinski definition) is 2. The van der Waals surface area contributed by atoms with Gasteiger partial charge in [-0.2, -0.15) is 0 Å². The molecule has 3 nitrogen and oxygen atoms in total. The molecule has 1 heterocycles. The third kappa shape index (κ3) is 1.52. The molecule has 3 rings (SSSR count). The van der Waals surface area contributed by atoms with Crippen LogP contribution in [-0.2, 0) is 4.79 Å². The predicted octanol–water partition coefficient (Wildman–Crippen LogP) is 1.62. The summed E-state index contributed by atoms with van der Waals surface area (Å²) in [5, 5.41) is 6.37. The average molecular weight is 216 g/mol.